The van der Waals surface area contributed by atoms with E-state index in [1.807, 2.05) is 12.1 Å². The van der Waals surface area contributed by atoms with Gasteiger partial charge in [0.2, 0.25) is 0 Å². The smallest absolute Gasteiger partial charge is 0.329 e. The molecule has 2 amide bonds. The molecule has 2 heterocycles. The van der Waals surface area contributed by atoms with Crippen molar-refractivity contribution < 1.29 is 14.0 Å². The maximum Gasteiger partial charge on any atom is 0.329 e. The van der Waals surface area contributed by atoms with E-state index in [1.54, 1.807) is 24.3 Å². The minimum absolute atomic E-state index is 0.457. The average molecular weight is 346 g/mol. The molecule has 1 aliphatic heterocycles. The van der Waals surface area contributed by atoms with Crippen molar-refractivity contribution in [3.05, 3.63) is 47.2 Å². The van der Waals surface area contributed by atoms with Gasteiger partial charge in [-0.25, -0.2) is 5.43 Å². The topological polar surface area (TPSA) is 74.9 Å². The minimum atomic E-state index is -0.741. The number of hydrazone groups is 1. The van der Waals surface area contributed by atoms with E-state index in [2.05, 4.69) is 10.5 Å². The summed E-state index contributed by atoms with van der Waals surface area (Å²) in [6.07, 6.45) is 3.21. The maximum absolute atomic E-state index is 11.8. The molecular formula is C17H16ClN3O3. The van der Waals surface area contributed by atoms with Gasteiger partial charge in [0.25, 0.3) is 0 Å². The van der Waals surface area contributed by atoms with Crippen LogP contribution in [0.25, 0.3) is 11.3 Å². The maximum atomic E-state index is 11.8. The fourth-order valence-corrected chi connectivity index (χ4v) is 2.68. The molecule has 0 saturated carbocycles. The molecule has 124 valence electrons. The van der Waals surface area contributed by atoms with Crippen LogP contribution in [0.2, 0.25) is 5.02 Å². The van der Waals surface area contributed by atoms with Crippen molar-refractivity contribution in [1.82, 2.24) is 10.3 Å². The number of hydrogen-bond donors (Lipinski definition) is 1. The second-order valence-corrected chi connectivity index (χ2v) is 5.85. The number of hydrogen-bond acceptors (Lipinski definition) is 4. The highest BCUT2D eigenvalue weighted by molar-refractivity contribution is 6.35. The third kappa shape index (κ3) is 3.83. The van der Waals surface area contributed by atoms with Gasteiger partial charge >= 0.3 is 11.8 Å². The fraction of sp³-hybridized carbons (Fsp3) is 0.235. The number of carbonyl (C=O) groups excluding carboxylic acids is 2. The van der Waals surface area contributed by atoms with E-state index in [9.17, 15) is 9.59 Å². The zero-order valence-electron chi connectivity index (χ0n) is 12.9. The summed E-state index contributed by atoms with van der Waals surface area (Å²) in [6.45, 7) is 1.24. The molecule has 6 nitrogen and oxygen atoms in total. The Morgan fingerprint density at radius 3 is 2.75 bits per heavy atom. The van der Waals surface area contributed by atoms with Crippen molar-refractivity contribution in [3.63, 3.8) is 0 Å². The highest BCUT2D eigenvalue weighted by Gasteiger charge is 2.23. The summed E-state index contributed by atoms with van der Waals surface area (Å²) in [6, 6.07) is 10.8. The summed E-state index contributed by atoms with van der Waals surface area (Å²) in [4.78, 5) is 25.1. The van der Waals surface area contributed by atoms with Crippen LogP contribution in [0.1, 0.15) is 18.6 Å². The summed E-state index contributed by atoms with van der Waals surface area (Å²) in [5, 5.41) is 4.38. The van der Waals surface area contributed by atoms with Crippen LogP contribution in [0.3, 0.4) is 0 Å². The first-order chi connectivity index (χ1) is 11.6. The van der Waals surface area contributed by atoms with Gasteiger partial charge in [-0.2, -0.15) is 5.10 Å². The Labute approximate surface area is 144 Å². The molecule has 1 aromatic carbocycles. The molecule has 0 aliphatic carbocycles. The van der Waals surface area contributed by atoms with Gasteiger partial charge in [-0.3, -0.25) is 9.59 Å². The third-order valence-electron chi connectivity index (χ3n) is 3.68. The van der Waals surface area contributed by atoms with Crippen molar-refractivity contribution in [2.45, 2.75) is 12.8 Å². The lowest BCUT2D eigenvalue weighted by Crippen LogP contribution is -2.39. The summed E-state index contributed by atoms with van der Waals surface area (Å²) < 4.78 is 5.61. The van der Waals surface area contributed by atoms with Gasteiger partial charge in [-0.15, -0.1) is 0 Å². The van der Waals surface area contributed by atoms with Gasteiger partial charge in [0.1, 0.15) is 11.5 Å². The molecule has 1 saturated heterocycles. The third-order valence-corrected chi connectivity index (χ3v) is 3.92. The Balaban J connectivity index is 1.59. The molecule has 0 bridgehead atoms. The summed E-state index contributed by atoms with van der Waals surface area (Å²) in [5.41, 5.74) is 3.07. The van der Waals surface area contributed by atoms with Crippen LogP contribution in [0.15, 0.2) is 45.9 Å². The van der Waals surface area contributed by atoms with E-state index in [0.29, 0.717) is 29.6 Å². The fourth-order valence-electron chi connectivity index (χ4n) is 2.49. The Hall–Kier alpha value is -2.60. The van der Waals surface area contributed by atoms with Crippen molar-refractivity contribution in [2.24, 2.45) is 5.10 Å². The van der Waals surface area contributed by atoms with E-state index in [1.165, 1.54) is 11.1 Å². The highest BCUT2D eigenvalue weighted by atomic mass is 35.5. The zero-order valence-corrected chi connectivity index (χ0v) is 13.6. The quantitative estimate of drug-likeness (QED) is 0.528. The normalized spacial score (nSPS) is 14.3. The van der Waals surface area contributed by atoms with Crippen LogP contribution in [0, 0.1) is 0 Å². The molecule has 3 rings (SSSR count). The van der Waals surface area contributed by atoms with E-state index in [4.69, 9.17) is 16.0 Å². The Bertz CT molecular complexity index is 779. The lowest BCUT2D eigenvalue weighted by molar-refractivity contribution is -0.145. The average Bonchev–Trinajstić information content (AvgIpc) is 3.26. The number of likely N-dealkylation sites (tertiary alicyclic amines) is 1. The molecular weight excluding hydrogens is 330 g/mol. The molecule has 0 atom stereocenters. The molecule has 2 aromatic rings. The largest absolute Gasteiger partial charge is 0.455 e. The van der Waals surface area contributed by atoms with Gasteiger partial charge in [0.05, 0.1) is 6.21 Å². The van der Waals surface area contributed by atoms with Crippen LogP contribution in [-0.2, 0) is 9.59 Å². The molecule has 7 heteroatoms. The summed E-state index contributed by atoms with van der Waals surface area (Å²) in [5.74, 6) is -0.198. The number of carbonyl (C=O) groups is 2. The molecule has 0 radical (unpaired) electrons. The van der Waals surface area contributed by atoms with Crippen LogP contribution < -0.4 is 5.43 Å². The first kappa shape index (κ1) is 16.3. The number of benzene rings is 1. The van der Waals surface area contributed by atoms with Gasteiger partial charge in [-0.05, 0) is 37.1 Å². The number of halogens is 1. The molecule has 1 fully saturated rings. The van der Waals surface area contributed by atoms with E-state index in [-0.39, 0.29) is 0 Å². The number of furan rings is 1. The second kappa shape index (κ2) is 7.31. The molecule has 1 aliphatic rings. The lowest BCUT2D eigenvalue weighted by Gasteiger charge is -2.12. The van der Waals surface area contributed by atoms with E-state index >= 15 is 0 Å². The first-order valence-electron chi connectivity index (χ1n) is 7.61. The Kier molecular flexibility index (Phi) is 4.96. The van der Waals surface area contributed by atoms with Gasteiger partial charge < -0.3 is 9.32 Å². The second-order valence-electron chi connectivity index (χ2n) is 5.41. The Morgan fingerprint density at radius 1 is 1.21 bits per heavy atom. The number of nitrogens with one attached hydrogen (secondary N) is 1. The molecule has 0 spiro atoms. The standard InChI is InChI=1S/C17H16ClN3O3/c18-13-5-3-4-12(10-13)15-7-6-14(24-15)11-19-20-16(22)17(23)21-8-1-2-9-21/h3-7,10-11H,1-2,8-9H2,(H,20,22)/b19-11-. The predicted molar refractivity (Wildman–Crippen MR) is 90.7 cm³/mol. The number of amides is 2. The van der Waals surface area contributed by atoms with Crippen molar-refractivity contribution in [2.75, 3.05) is 13.1 Å². The molecule has 24 heavy (non-hydrogen) atoms. The number of nitrogens with zero attached hydrogens (tertiary/aromatic N) is 2. The van der Waals surface area contributed by atoms with Gasteiger partial charge in [0.15, 0.2) is 0 Å². The van der Waals surface area contributed by atoms with Crippen LogP contribution in [-0.4, -0.2) is 36.0 Å². The highest BCUT2D eigenvalue weighted by Crippen LogP contribution is 2.24. The van der Waals surface area contributed by atoms with E-state index in [0.717, 1.165) is 18.4 Å². The minimum Gasteiger partial charge on any atom is -0.455 e. The van der Waals surface area contributed by atoms with Gasteiger partial charge in [-0.1, -0.05) is 23.7 Å². The monoisotopic (exact) mass is 345 g/mol. The van der Waals surface area contributed by atoms with Crippen molar-refractivity contribution >= 4 is 29.6 Å². The number of rotatable bonds is 3. The van der Waals surface area contributed by atoms with Crippen molar-refractivity contribution in [3.8, 4) is 11.3 Å². The van der Waals surface area contributed by atoms with Crippen molar-refractivity contribution in [1.29, 1.82) is 0 Å². The predicted octanol–water partition coefficient (Wildman–Crippen LogP) is 2.67. The Morgan fingerprint density at radius 2 is 2.00 bits per heavy atom. The van der Waals surface area contributed by atoms with Crippen LogP contribution >= 0.6 is 11.6 Å². The van der Waals surface area contributed by atoms with Crippen LogP contribution in [0.5, 0.6) is 0 Å². The van der Waals surface area contributed by atoms with Gasteiger partial charge in [0, 0.05) is 23.7 Å². The zero-order chi connectivity index (χ0) is 16.9. The van der Waals surface area contributed by atoms with E-state index < -0.39 is 11.8 Å². The first-order valence-corrected chi connectivity index (χ1v) is 7.99. The van der Waals surface area contributed by atoms with Crippen LogP contribution in [0.4, 0.5) is 0 Å². The lowest BCUT2D eigenvalue weighted by atomic mass is 10.2. The molecule has 1 N–H and O–H groups in total. The molecule has 1 aromatic heterocycles. The molecule has 0 unspecified atom stereocenters. The summed E-state index contributed by atoms with van der Waals surface area (Å²) in [7, 11) is 0. The summed E-state index contributed by atoms with van der Waals surface area (Å²) >= 11 is 5.95. The SMILES string of the molecule is O=C(N/N=C\c1ccc(-c2cccc(Cl)c2)o1)C(=O)N1CCCC1.